The summed E-state index contributed by atoms with van der Waals surface area (Å²) in [6.45, 7) is 0. The quantitative estimate of drug-likeness (QED) is 0.177. The van der Waals surface area contributed by atoms with Gasteiger partial charge in [-0.2, -0.15) is 0 Å². The molecule has 0 fully saturated rings. The van der Waals surface area contributed by atoms with E-state index in [0.29, 0.717) is 0 Å². The molecule has 0 atom stereocenters. The van der Waals surface area contributed by atoms with Crippen molar-refractivity contribution >= 4 is 174 Å². The largest absolute Gasteiger partial charge is 1.00 e. The zero-order valence-corrected chi connectivity index (χ0v) is 29.7. The minimum absolute atomic E-state index is 0. The van der Waals surface area contributed by atoms with Gasteiger partial charge in [-0.25, -0.2) is 0 Å². The fourth-order valence-electron chi connectivity index (χ4n) is 3.05. The molecule has 1 aliphatic carbocycles. The molecule has 0 amide bonds. The summed E-state index contributed by atoms with van der Waals surface area (Å²) in [5.74, 6) is -1.76. The number of hydrogen-bond donors (Lipinski definition) is 0. The molecule has 2 nitrogen and oxygen atoms in total. The van der Waals surface area contributed by atoms with Crippen LogP contribution in [0.4, 0.5) is 0 Å². The second-order valence-electron chi connectivity index (χ2n) is 6.56. The third kappa shape index (κ3) is 6.15. The maximum absolute atomic E-state index is 11.7. The minimum Gasteiger partial charge on any atom is -0.545 e. The predicted octanol–water partition coefficient (Wildman–Crippen LogP) is 8.74. The minimum atomic E-state index is -1.76. The summed E-state index contributed by atoms with van der Waals surface area (Å²) in [5, 5.41) is 7.37. The number of halogens is 14. The summed E-state index contributed by atoms with van der Waals surface area (Å²) in [5.41, 5.74) is -1.44. The summed E-state index contributed by atoms with van der Waals surface area (Å²) in [6, 6.07) is 0. The van der Waals surface area contributed by atoms with E-state index in [1.807, 2.05) is 0 Å². The van der Waals surface area contributed by atoms with Gasteiger partial charge < -0.3 is 9.90 Å². The van der Waals surface area contributed by atoms with Gasteiger partial charge in [0.15, 0.2) is 0 Å². The Morgan fingerprint density at radius 3 is 1.05 bits per heavy atom. The van der Waals surface area contributed by atoms with Crippen molar-refractivity contribution in [1.82, 2.24) is 0 Å². The van der Waals surface area contributed by atoms with Crippen molar-refractivity contribution in [2.24, 2.45) is 0 Å². The van der Waals surface area contributed by atoms with Gasteiger partial charge in [-0.3, -0.25) is 0 Å². The molecule has 0 aliphatic heterocycles. The van der Waals surface area contributed by atoms with Gasteiger partial charge in [0.25, 0.3) is 0 Å². The number of carboxylic acids is 1. The third-order valence-corrected chi connectivity index (χ3v) is 10.9. The fraction of sp³-hybridized carbons (Fsp3) is 0. The van der Waals surface area contributed by atoms with E-state index >= 15 is 0 Å². The second-order valence-corrected chi connectivity index (χ2v) is 11.8. The molecule has 0 spiro atoms. The van der Waals surface area contributed by atoms with Gasteiger partial charge in [0.1, 0.15) is 5.38 Å². The van der Waals surface area contributed by atoms with E-state index in [0.717, 1.165) is 0 Å². The van der Waals surface area contributed by atoms with Gasteiger partial charge in [0, 0.05) is 27.8 Å². The van der Waals surface area contributed by atoms with Crippen molar-refractivity contribution in [1.29, 1.82) is 0 Å². The maximum Gasteiger partial charge on any atom is 1.00 e. The van der Waals surface area contributed by atoms with Gasteiger partial charge >= 0.3 is 29.6 Å². The number of benzene rings is 2. The number of carboxylic acid groups (broad SMARTS) is 1. The van der Waals surface area contributed by atoms with Gasteiger partial charge in [-0.15, -0.1) is 11.6 Å². The molecule has 1 radical (unpaired) electrons. The zero-order chi connectivity index (χ0) is 27.5. The van der Waals surface area contributed by atoms with Gasteiger partial charge in [-0.1, -0.05) is 151 Å². The number of hydrogen-bond acceptors (Lipinski definition) is 2. The van der Waals surface area contributed by atoms with Crippen LogP contribution in [-0.2, 0) is 4.79 Å². The smallest absolute Gasteiger partial charge is 0.545 e. The first kappa shape index (κ1) is 35.4. The van der Waals surface area contributed by atoms with Crippen LogP contribution in [0.15, 0.2) is 26.2 Å². The first-order valence-corrected chi connectivity index (χ1v) is 13.8. The molecule has 37 heavy (non-hydrogen) atoms. The molecule has 0 bridgehead atoms. The Balaban J connectivity index is 0.00000481. The fourth-order valence-corrected chi connectivity index (χ4v) is 6.90. The van der Waals surface area contributed by atoms with Crippen molar-refractivity contribution in [3.8, 4) is 0 Å². The summed E-state index contributed by atoms with van der Waals surface area (Å²) in [6.07, 6.45) is 0. The van der Waals surface area contributed by atoms with Crippen LogP contribution in [0.3, 0.4) is 0 Å². The van der Waals surface area contributed by atoms with E-state index in [4.69, 9.17) is 162 Å². The molecular formula is C20Cl14NaO2. The van der Waals surface area contributed by atoms with E-state index in [2.05, 4.69) is 0 Å². The number of carbonyl (C=O) groups is 1. The number of carbonyl (C=O) groups excluding carboxylic acids is 1. The Bertz CT molecular complexity index is 1330. The van der Waals surface area contributed by atoms with Crippen molar-refractivity contribution in [2.75, 3.05) is 0 Å². The average molecular weight is 792 g/mol. The molecule has 0 unspecified atom stereocenters. The molecule has 1 aliphatic rings. The van der Waals surface area contributed by atoms with Crippen LogP contribution in [0.2, 0.25) is 50.2 Å². The van der Waals surface area contributed by atoms with E-state index in [-0.39, 0.29) is 102 Å². The first-order chi connectivity index (χ1) is 16.6. The Kier molecular flexibility index (Phi) is 13.1. The van der Waals surface area contributed by atoms with Crippen LogP contribution >= 0.6 is 162 Å². The molecule has 3 rings (SSSR count). The molecule has 0 N–H and O–H groups in total. The van der Waals surface area contributed by atoms with Gasteiger partial charge in [0.05, 0.1) is 71.3 Å². The van der Waals surface area contributed by atoms with E-state index in [9.17, 15) is 9.90 Å². The SMILES string of the molecule is O=C([O-])C1=C(Cl)[C](Cl)C(=C(c2c(Cl)c(Cl)c(Cl)c(Cl)c2Cl)c2c(Cl)c(Cl)c(Cl)c(Cl)c2Cl)C(Cl)=C1Cl.[Na+]. The Morgan fingerprint density at radius 1 is 0.459 bits per heavy atom. The molecule has 2 aromatic rings. The molecular weight excluding hydrogens is 792 g/mol. The van der Waals surface area contributed by atoms with Crippen LogP contribution in [0, 0.1) is 5.38 Å². The average Bonchev–Trinajstić information content (AvgIpc) is 2.82. The molecule has 0 heterocycles. The van der Waals surface area contributed by atoms with Crippen LogP contribution in [0.5, 0.6) is 0 Å². The van der Waals surface area contributed by atoms with Crippen LogP contribution < -0.4 is 34.7 Å². The van der Waals surface area contributed by atoms with E-state index in [1.54, 1.807) is 0 Å². The number of aliphatic carboxylic acids is 1. The molecule has 17 heteroatoms. The normalized spacial score (nSPS) is 14.4. The monoisotopic (exact) mass is 785 g/mol. The third-order valence-electron chi connectivity index (χ3n) is 4.64. The van der Waals surface area contributed by atoms with Gasteiger partial charge in [0.2, 0.25) is 0 Å². The Labute approximate surface area is 302 Å². The van der Waals surface area contributed by atoms with E-state index < -0.39 is 32.0 Å². The number of allylic oxidation sites excluding steroid dienone is 3. The van der Waals surface area contributed by atoms with Crippen molar-refractivity contribution in [2.45, 2.75) is 0 Å². The summed E-state index contributed by atoms with van der Waals surface area (Å²) < 4.78 is 0. The summed E-state index contributed by atoms with van der Waals surface area (Å²) in [4.78, 5) is 11.7. The van der Waals surface area contributed by atoms with Crippen molar-refractivity contribution in [3.63, 3.8) is 0 Å². The number of rotatable bonds is 3. The van der Waals surface area contributed by atoms with Crippen molar-refractivity contribution < 1.29 is 39.5 Å². The van der Waals surface area contributed by atoms with Crippen LogP contribution in [-0.4, -0.2) is 5.97 Å². The van der Waals surface area contributed by atoms with E-state index in [1.165, 1.54) is 0 Å². The van der Waals surface area contributed by atoms with Crippen LogP contribution in [0.25, 0.3) is 5.57 Å². The standard InChI is InChI=1S/C20HCl14O2.Na/c21-6-2(7(22)13(28)5(12(6)27)20(35)36)1(3-8(23)14(29)18(33)15(30)9(3)24)4-10(25)16(31)19(34)17(32)11(4)26;/h(H,35,36);/q;+1/p-1. The maximum atomic E-state index is 11.7. The topological polar surface area (TPSA) is 40.1 Å². The van der Waals surface area contributed by atoms with Crippen LogP contribution in [0.1, 0.15) is 11.1 Å². The zero-order valence-electron chi connectivity index (χ0n) is 17.1. The Morgan fingerprint density at radius 2 is 0.757 bits per heavy atom. The second kappa shape index (κ2) is 13.7. The molecule has 0 saturated carbocycles. The van der Waals surface area contributed by atoms with Crippen molar-refractivity contribution in [3.05, 3.63) is 93.0 Å². The summed E-state index contributed by atoms with van der Waals surface area (Å²) >= 11 is 89.1. The molecule has 2 aromatic carbocycles. The summed E-state index contributed by atoms with van der Waals surface area (Å²) in [7, 11) is 0. The molecule has 0 aromatic heterocycles. The molecule has 191 valence electrons. The molecule has 0 saturated heterocycles. The van der Waals surface area contributed by atoms with Gasteiger partial charge in [-0.05, 0) is 0 Å². The Hall–Kier alpha value is 2.19. The first-order valence-electron chi connectivity index (χ1n) is 8.55. The predicted molar refractivity (Wildman–Crippen MR) is 155 cm³/mol.